The number of benzene rings is 2. The van der Waals surface area contributed by atoms with Crippen LogP contribution >= 0.6 is 0 Å². The van der Waals surface area contributed by atoms with Gasteiger partial charge in [0, 0.05) is 11.8 Å². The lowest BCUT2D eigenvalue weighted by molar-refractivity contribution is 0.0844. The van der Waals surface area contributed by atoms with Crippen LogP contribution in [0.25, 0.3) is 0 Å². The molecule has 4 N–H and O–H groups in total. The number of hydrogen-bond acceptors (Lipinski definition) is 4. The van der Waals surface area contributed by atoms with Crippen LogP contribution in [0, 0.1) is 5.82 Å². The van der Waals surface area contributed by atoms with Crippen molar-refractivity contribution in [3.05, 3.63) is 83.9 Å². The minimum atomic E-state index is -4.03. The summed E-state index contributed by atoms with van der Waals surface area (Å²) in [4.78, 5) is 26.4. The van der Waals surface area contributed by atoms with Gasteiger partial charge in [-0.1, -0.05) is 12.1 Å². The first kappa shape index (κ1) is 19.1. The molecule has 8 nitrogen and oxygen atoms in total. The van der Waals surface area contributed by atoms with E-state index in [0.29, 0.717) is 0 Å². The van der Waals surface area contributed by atoms with Crippen molar-refractivity contribution in [3.8, 4) is 0 Å². The average Bonchev–Trinajstić information content (AvgIpc) is 3.22. The van der Waals surface area contributed by atoms with Gasteiger partial charge in [0.05, 0.1) is 10.6 Å². The highest BCUT2D eigenvalue weighted by molar-refractivity contribution is 7.92. The molecule has 0 saturated heterocycles. The van der Waals surface area contributed by atoms with Gasteiger partial charge in [0.25, 0.3) is 21.8 Å². The second-order valence-corrected chi connectivity index (χ2v) is 7.28. The molecule has 0 atom stereocenters. The molecule has 0 unspecified atom stereocenters. The third-order valence-corrected chi connectivity index (χ3v) is 5.06. The molecule has 144 valence electrons. The number of sulfonamides is 1. The summed E-state index contributed by atoms with van der Waals surface area (Å²) in [5.74, 6) is -1.88. The number of H-pyrrole nitrogens is 1. The average molecular weight is 402 g/mol. The first-order chi connectivity index (χ1) is 13.4. The van der Waals surface area contributed by atoms with Gasteiger partial charge in [0.15, 0.2) is 0 Å². The lowest BCUT2D eigenvalue weighted by Crippen LogP contribution is -2.41. The Morgan fingerprint density at radius 1 is 0.857 bits per heavy atom. The Hall–Kier alpha value is -3.66. The van der Waals surface area contributed by atoms with E-state index in [1.54, 1.807) is 12.3 Å². The molecule has 0 spiro atoms. The molecule has 28 heavy (non-hydrogen) atoms. The third kappa shape index (κ3) is 4.35. The number of aromatic nitrogens is 1. The maximum atomic E-state index is 13.6. The summed E-state index contributed by atoms with van der Waals surface area (Å²) < 4.78 is 40.5. The van der Waals surface area contributed by atoms with Crippen LogP contribution in [-0.2, 0) is 10.0 Å². The van der Waals surface area contributed by atoms with Crippen molar-refractivity contribution >= 4 is 27.5 Å². The summed E-state index contributed by atoms with van der Waals surface area (Å²) in [6.07, 6.45) is 1.56. The molecule has 0 fully saturated rings. The van der Waals surface area contributed by atoms with Crippen LogP contribution in [0.5, 0.6) is 0 Å². The molecule has 10 heteroatoms. The number of halogens is 1. The van der Waals surface area contributed by atoms with Crippen molar-refractivity contribution in [2.45, 2.75) is 4.90 Å². The quantitative estimate of drug-likeness (QED) is 0.488. The number of amides is 2. The number of carbonyl (C=O) groups is 2. The van der Waals surface area contributed by atoms with Gasteiger partial charge < -0.3 is 4.98 Å². The topological polar surface area (TPSA) is 120 Å². The SMILES string of the molecule is O=C(NNC(=O)c1ccc[nH]1)c1ccc(S(=O)(=O)Nc2ccccc2F)cc1. The second-order valence-electron chi connectivity index (χ2n) is 5.60. The van der Waals surface area contributed by atoms with Gasteiger partial charge in [-0.2, -0.15) is 0 Å². The Morgan fingerprint density at radius 3 is 2.18 bits per heavy atom. The van der Waals surface area contributed by atoms with Crippen LogP contribution in [0.2, 0.25) is 0 Å². The fourth-order valence-electron chi connectivity index (χ4n) is 2.26. The number of anilines is 1. The van der Waals surface area contributed by atoms with Crippen LogP contribution in [-0.4, -0.2) is 25.2 Å². The van der Waals surface area contributed by atoms with E-state index in [2.05, 4.69) is 20.6 Å². The number of para-hydroxylation sites is 1. The van der Waals surface area contributed by atoms with Crippen molar-refractivity contribution in [1.29, 1.82) is 0 Å². The number of hydrogen-bond donors (Lipinski definition) is 4. The zero-order chi connectivity index (χ0) is 20.1. The molecule has 2 aromatic carbocycles. The van der Waals surface area contributed by atoms with Crippen molar-refractivity contribution in [1.82, 2.24) is 15.8 Å². The van der Waals surface area contributed by atoms with Gasteiger partial charge in [0.2, 0.25) is 0 Å². The van der Waals surface area contributed by atoms with E-state index in [0.717, 1.165) is 6.07 Å². The first-order valence-corrected chi connectivity index (χ1v) is 9.46. The Kier molecular flexibility index (Phi) is 5.41. The van der Waals surface area contributed by atoms with E-state index in [9.17, 15) is 22.4 Å². The van der Waals surface area contributed by atoms with E-state index in [4.69, 9.17) is 0 Å². The van der Waals surface area contributed by atoms with E-state index in [1.165, 1.54) is 48.5 Å². The summed E-state index contributed by atoms with van der Waals surface area (Å²) in [5.41, 5.74) is 4.65. The fourth-order valence-corrected chi connectivity index (χ4v) is 3.33. The molecule has 0 bridgehead atoms. The van der Waals surface area contributed by atoms with Gasteiger partial charge in [0.1, 0.15) is 11.5 Å². The van der Waals surface area contributed by atoms with Crippen molar-refractivity contribution in [3.63, 3.8) is 0 Å². The summed E-state index contributed by atoms with van der Waals surface area (Å²) in [7, 11) is -4.03. The number of hydrazine groups is 1. The van der Waals surface area contributed by atoms with Gasteiger partial charge in [-0.25, -0.2) is 12.8 Å². The third-order valence-electron chi connectivity index (χ3n) is 3.68. The predicted octanol–water partition coefficient (Wildman–Crippen LogP) is 2.03. The maximum Gasteiger partial charge on any atom is 0.286 e. The maximum absolute atomic E-state index is 13.6. The highest BCUT2D eigenvalue weighted by Crippen LogP contribution is 2.19. The van der Waals surface area contributed by atoms with Crippen LogP contribution in [0.3, 0.4) is 0 Å². The molecule has 1 aromatic heterocycles. The molecule has 1 heterocycles. The highest BCUT2D eigenvalue weighted by atomic mass is 32.2. The molecule has 3 rings (SSSR count). The molecular weight excluding hydrogens is 387 g/mol. The molecule has 0 aliphatic heterocycles. The lowest BCUT2D eigenvalue weighted by Gasteiger charge is -2.10. The minimum absolute atomic E-state index is 0.122. The number of aromatic amines is 1. The Balaban J connectivity index is 1.66. The molecule has 3 aromatic rings. The van der Waals surface area contributed by atoms with Crippen LogP contribution in [0.15, 0.2) is 71.8 Å². The van der Waals surface area contributed by atoms with Crippen LogP contribution in [0.4, 0.5) is 10.1 Å². The van der Waals surface area contributed by atoms with Crippen molar-refractivity contribution < 1.29 is 22.4 Å². The molecule has 2 amide bonds. The summed E-state index contributed by atoms with van der Waals surface area (Å²) in [6, 6.07) is 13.5. The number of carbonyl (C=O) groups excluding carboxylic acids is 2. The molecular formula is C18H15FN4O4S. The summed E-state index contributed by atoms with van der Waals surface area (Å²) >= 11 is 0. The summed E-state index contributed by atoms with van der Waals surface area (Å²) in [6.45, 7) is 0. The molecule has 0 aliphatic carbocycles. The van der Waals surface area contributed by atoms with Crippen LogP contribution in [0.1, 0.15) is 20.8 Å². The lowest BCUT2D eigenvalue weighted by atomic mass is 10.2. The van der Waals surface area contributed by atoms with E-state index < -0.39 is 27.7 Å². The molecule has 0 saturated carbocycles. The minimum Gasteiger partial charge on any atom is -0.357 e. The zero-order valence-electron chi connectivity index (χ0n) is 14.3. The first-order valence-electron chi connectivity index (χ1n) is 7.98. The Labute approximate surface area is 159 Å². The van der Waals surface area contributed by atoms with E-state index in [-0.39, 0.29) is 21.8 Å². The van der Waals surface area contributed by atoms with E-state index in [1.807, 2.05) is 0 Å². The summed E-state index contributed by atoms with van der Waals surface area (Å²) in [5, 5.41) is 0. The number of nitrogens with one attached hydrogen (secondary N) is 4. The van der Waals surface area contributed by atoms with Crippen molar-refractivity contribution in [2.75, 3.05) is 4.72 Å². The standard InChI is InChI=1S/C18H15FN4O4S/c19-14-4-1-2-5-15(14)23-28(26,27)13-9-7-12(8-10-13)17(24)21-22-18(25)16-6-3-11-20-16/h1-11,20,23H,(H,21,24)(H,22,25). The van der Waals surface area contributed by atoms with Gasteiger partial charge in [-0.3, -0.25) is 25.2 Å². The predicted molar refractivity (Wildman–Crippen MR) is 99.4 cm³/mol. The second kappa shape index (κ2) is 7.92. The number of rotatable bonds is 5. The Bertz CT molecular complexity index is 1100. The van der Waals surface area contributed by atoms with Gasteiger partial charge in [-0.15, -0.1) is 0 Å². The normalized spacial score (nSPS) is 10.9. The molecule has 0 aliphatic rings. The van der Waals surface area contributed by atoms with E-state index >= 15 is 0 Å². The highest BCUT2D eigenvalue weighted by Gasteiger charge is 2.17. The Morgan fingerprint density at radius 2 is 1.54 bits per heavy atom. The van der Waals surface area contributed by atoms with Gasteiger partial charge >= 0.3 is 0 Å². The largest absolute Gasteiger partial charge is 0.357 e. The fraction of sp³-hybridized carbons (Fsp3) is 0. The monoisotopic (exact) mass is 402 g/mol. The zero-order valence-corrected chi connectivity index (χ0v) is 15.1. The van der Waals surface area contributed by atoms with Crippen molar-refractivity contribution in [2.24, 2.45) is 0 Å². The molecule has 0 radical (unpaired) electrons. The van der Waals surface area contributed by atoms with Crippen LogP contribution < -0.4 is 15.6 Å². The smallest absolute Gasteiger partial charge is 0.286 e. The van der Waals surface area contributed by atoms with Gasteiger partial charge in [-0.05, 0) is 48.5 Å².